The molecule has 0 heterocycles. The van der Waals surface area contributed by atoms with E-state index in [1.165, 1.54) is 24.3 Å². The van der Waals surface area contributed by atoms with Crippen LogP contribution in [0.5, 0.6) is 5.75 Å². The Morgan fingerprint density at radius 3 is 2.55 bits per heavy atom. The van der Waals surface area contributed by atoms with Crippen molar-refractivity contribution in [3.63, 3.8) is 0 Å². The molecule has 2 N–H and O–H groups in total. The van der Waals surface area contributed by atoms with Crippen LogP contribution in [-0.2, 0) is 6.18 Å². The van der Waals surface area contributed by atoms with Gasteiger partial charge in [0.05, 0.1) is 17.3 Å². The zero-order chi connectivity index (χ0) is 16.2. The first-order valence-corrected chi connectivity index (χ1v) is 6.16. The van der Waals surface area contributed by atoms with Crippen molar-refractivity contribution in [3.8, 4) is 5.75 Å². The number of halogens is 3. The Balaban J connectivity index is 2.07. The van der Waals surface area contributed by atoms with Crippen molar-refractivity contribution in [1.29, 1.82) is 0 Å². The second-order valence-electron chi connectivity index (χ2n) is 4.34. The highest BCUT2D eigenvalue weighted by Crippen LogP contribution is 2.29. The van der Waals surface area contributed by atoms with Crippen molar-refractivity contribution in [2.45, 2.75) is 6.18 Å². The quantitative estimate of drug-likeness (QED) is 0.676. The molecule has 114 valence electrons. The largest absolute Gasteiger partial charge is 0.507 e. The van der Waals surface area contributed by atoms with Crippen molar-refractivity contribution in [2.24, 2.45) is 5.10 Å². The van der Waals surface area contributed by atoms with E-state index in [9.17, 15) is 23.1 Å². The molecule has 0 spiro atoms. The van der Waals surface area contributed by atoms with Crippen molar-refractivity contribution in [2.75, 3.05) is 0 Å². The summed E-state index contributed by atoms with van der Waals surface area (Å²) in [7, 11) is 0. The summed E-state index contributed by atoms with van der Waals surface area (Å²) in [4.78, 5) is 11.7. The Kier molecular flexibility index (Phi) is 4.45. The third-order valence-electron chi connectivity index (χ3n) is 2.74. The first-order chi connectivity index (χ1) is 10.4. The molecule has 0 aliphatic carbocycles. The maximum atomic E-state index is 12.5. The number of nitrogens with one attached hydrogen (secondary N) is 1. The predicted octanol–water partition coefficient (Wildman–Crippen LogP) is 3.17. The van der Waals surface area contributed by atoms with Gasteiger partial charge in [-0.25, -0.2) is 5.43 Å². The molecule has 0 aliphatic heterocycles. The summed E-state index contributed by atoms with van der Waals surface area (Å²) in [6.45, 7) is 0. The van der Waals surface area contributed by atoms with Crippen LogP contribution in [0.1, 0.15) is 21.5 Å². The van der Waals surface area contributed by atoms with Crippen molar-refractivity contribution < 1.29 is 23.1 Å². The first kappa shape index (κ1) is 15.6. The van der Waals surface area contributed by atoms with Gasteiger partial charge in [0.15, 0.2) is 0 Å². The molecule has 2 aromatic carbocycles. The Hall–Kier alpha value is -2.83. The number of amides is 1. The van der Waals surface area contributed by atoms with Crippen LogP contribution >= 0.6 is 0 Å². The summed E-state index contributed by atoms with van der Waals surface area (Å²) < 4.78 is 37.6. The summed E-state index contributed by atoms with van der Waals surface area (Å²) in [5.74, 6) is -0.879. The third-order valence-corrected chi connectivity index (χ3v) is 2.74. The number of hydrazone groups is 1. The number of carbonyl (C=O) groups excluding carboxylic acids is 1. The van der Waals surface area contributed by atoms with E-state index in [2.05, 4.69) is 10.5 Å². The SMILES string of the molecule is O=C(N/N=C\c1cccc(C(F)(F)F)c1)c1ccccc1O. The molecule has 4 nitrogen and oxygen atoms in total. The minimum Gasteiger partial charge on any atom is -0.507 e. The lowest BCUT2D eigenvalue weighted by Gasteiger charge is -2.06. The molecule has 22 heavy (non-hydrogen) atoms. The van der Waals surface area contributed by atoms with Crippen LogP contribution in [0.4, 0.5) is 13.2 Å². The number of hydrogen-bond acceptors (Lipinski definition) is 3. The number of hydrogen-bond donors (Lipinski definition) is 2. The van der Waals surface area contributed by atoms with Gasteiger partial charge in [-0.2, -0.15) is 18.3 Å². The Bertz CT molecular complexity index is 712. The van der Waals surface area contributed by atoms with Crippen LogP contribution in [0.15, 0.2) is 53.6 Å². The van der Waals surface area contributed by atoms with E-state index >= 15 is 0 Å². The Labute approximate surface area is 123 Å². The number of benzene rings is 2. The number of alkyl halides is 3. The van der Waals surface area contributed by atoms with Crippen molar-refractivity contribution in [1.82, 2.24) is 5.43 Å². The minimum absolute atomic E-state index is 0.0173. The average Bonchev–Trinajstić information content (AvgIpc) is 2.47. The van der Waals surface area contributed by atoms with Crippen LogP contribution in [0, 0.1) is 0 Å². The third kappa shape index (κ3) is 3.85. The number of carbonyl (C=O) groups is 1. The van der Waals surface area contributed by atoms with Gasteiger partial charge in [0.25, 0.3) is 5.91 Å². The zero-order valence-electron chi connectivity index (χ0n) is 11.1. The van der Waals surface area contributed by atoms with Crippen LogP contribution in [0.2, 0.25) is 0 Å². The zero-order valence-corrected chi connectivity index (χ0v) is 11.1. The predicted molar refractivity (Wildman–Crippen MR) is 74.6 cm³/mol. The molecule has 2 aromatic rings. The maximum absolute atomic E-state index is 12.5. The molecular weight excluding hydrogens is 297 g/mol. The van der Waals surface area contributed by atoms with Crippen LogP contribution in [-0.4, -0.2) is 17.2 Å². The number of nitrogens with zero attached hydrogens (tertiary/aromatic N) is 1. The number of phenols is 1. The van der Waals surface area contributed by atoms with E-state index in [1.54, 1.807) is 12.1 Å². The number of aromatic hydroxyl groups is 1. The molecule has 0 fully saturated rings. The van der Waals surface area contributed by atoms with E-state index in [4.69, 9.17) is 0 Å². The lowest BCUT2D eigenvalue weighted by atomic mass is 10.1. The lowest BCUT2D eigenvalue weighted by Crippen LogP contribution is -2.17. The highest BCUT2D eigenvalue weighted by Gasteiger charge is 2.30. The molecule has 2 rings (SSSR count). The van der Waals surface area contributed by atoms with Gasteiger partial charge in [-0.3, -0.25) is 4.79 Å². The van der Waals surface area contributed by atoms with Gasteiger partial charge in [0, 0.05) is 0 Å². The molecule has 0 saturated carbocycles. The lowest BCUT2D eigenvalue weighted by molar-refractivity contribution is -0.137. The standard InChI is InChI=1S/C15H11F3N2O2/c16-15(17,18)11-5-3-4-10(8-11)9-19-20-14(22)12-6-1-2-7-13(12)21/h1-9,21H,(H,20,22)/b19-9-. The van der Waals surface area contributed by atoms with E-state index < -0.39 is 17.6 Å². The fourth-order valence-electron chi connectivity index (χ4n) is 1.69. The summed E-state index contributed by atoms with van der Waals surface area (Å²) in [5.41, 5.74) is 1.54. The van der Waals surface area contributed by atoms with E-state index in [0.29, 0.717) is 0 Å². The Morgan fingerprint density at radius 1 is 1.14 bits per heavy atom. The van der Waals surface area contributed by atoms with E-state index in [1.807, 2.05) is 0 Å². The molecule has 0 bridgehead atoms. The van der Waals surface area contributed by atoms with Gasteiger partial charge in [-0.1, -0.05) is 24.3 Å². The van der Waals surface area contributed by atoms with E-state index in [0.717, 1.165) is 18.3 Å². The molecule has 0 unspecified atom stereocenters. The van der Waals surface area contributed by atoms with Crippen molar-refractivity contribution >= 4 is 12.1 Å². The molecule has 1 amide bonds. The van der Waals surface area contributed by atoms with Gasteiger partial charge in [-0.05, 0) is 29.8 Å². The normalized spacial score (nSPS) is 11.6. The molecule has 7 heteroatoms. The topological polar surface area (TPSA) is 61.7 Å². The Morgan fingerprint density at radius 2 is 1.86 bits per heavy atom. The van der Waals surface area contributed by atoms with Gasteiger partial charge < -0.3 is 5.11 Å². The average molecular weight is 308 g/mol. The molecule has 0 aromatic heterocycles. The smallest absolute Gasteiger partial charge is 0.416 e. The minimum atomic E-state index is -4.44. The maximum Gasteiger partial charge on any atom is 0.416 e. The van der Waals surface area contributed by atoms with Crippen LogP contribution in [0.3, 0.4) is 0 Å². The summed E-state index contributed by atoms with van der Waals surface area (Å²) in [5, 5.41) is 13.1. The molecular formula is C15H11F3N2O2. The molecule has 0 saturated heterocycles. The van der Waals surface area contributed by atoms with Gasteiger partial charge in [0.2, 0.25) is 0 Å². The van der Waals surface area contributed by atoms with Gasteiger partial charge >= 0.3 is 6.18 Å². The monoisotopic (exact) mass is 308 g/mol. The second-order valence-corrected chi connectivity index (χ2v) is 4.34. The second kappa shape index (κ2) is 6.30. The highest BCUT2D eigenvalue weighted by atomic mass is 19.4. The molecule has 0 radical (unpaired) electrons. The summed E-state index contributed by atoms with van der Waals surface area (Å²) in [6.07, 6.45) is -3.35. The van der Waals surface area contributed by atoms with Crippen molar-refractivity contribution in [3.05, 3.63) is 65.2 Å². The number of rotatable bonds is 3. The summed E-state index contributed by atoms with van der Waals surface area (Å²) in [6, 6.07) is 10.4. The van der Waals surface area contributed by atoms with Gasteiger partial charge in [-0.15, -0.1) is 0 Å². The van der Waals surface area contributed by atoms with Crippen LogP contribution in [0.25, 0.3) is 0 Å². The van der Waals surface area contributed by atoms with E-state index in [-0.39, 0.29) is 16.9 Å². The molecule has 0 atom stereocenters. The first-order valence-electron chi connectivity index (χ1n) is 6.16. The van der Waals surface area contributed by atoms with Gasteiger partial charge in [0.1, 0.15) is 5.75 Å². The van der Waals surface area contributed by atoms with Crippen LogP contribution < -0.4 is 5.43 Å². The fourth-order valence-corrected chi connectivity index (χ4v) is 1.69. The number of phenolic OH excluding ortho intramolecular Hbond substituents is 1. The highest BCUT2D eigenvalue weighted by molar-refractivity contribution is 5.97. The fraction of sp³-hybridized carbons (Fsp3) is 0.0667. The molecule has 0 aliphatic rings. The number of para-hydroxylation sites is 1. The summed E-state index contributed by atoms with van der Waals surface area (Å²) >= 11 is 0.